The standard InChI is InChI=1S/C10H8F5N3/c1-9(16,10(13,14)15)8-17-6-2-4(11)5(12)3-7(6)18-8/h2-3H,16H2,1H3,(H,17,18). The predicted octanol–water partition coefficient (Wildman–Crippen LogP) is 2.58. The Labute approximate surface area is 97.8 Å². The fraction of sp³-hybridized carbons (Fsp3) is 0.300. The third-order valence-corrected chi connectivity index (χ3v) is 2.60. The molecule has 0 aliphatic heterocycles. The zero-order valence-electron chi connectivity index (χ0n) is 9.07. The molecule has 2 rings (SSSR count). The number of nitrogens with one attached hydrogen (secondary N) is 1. The largest absolute Gasteiger partial charge is 0.413 e. The van der Waals surface area contributed by atoms with Crippen LogP contribution >= 0.6 is 0 Å². The molecule has 0 saturated heterocycles. The monoisotopic (exact) mass is 265 g/mol. The van der Waals surface area contributed by atoms with Crippen LogP contribution in [0.5, 0.6) is 0 Å². The highest BCUT2D eigenvalue weighted by Crippen LogP contribution is 2.35. The molecule has 0 radical (unpaired) electrons. The quantitative estimate of drug-likeness (QED) is 0.778. The molecule has 18 heavy (non-hydrogen) atoms. The lowest BCUT2D eigenvalue weighted by Gasteiger charge is -2.24. The van der Waals surface area contributed by atoms with Crippen molar-refractivity contribution in [2.45, 2.75) is 18.6 Å². The lowest BCUT2D eigenvalue weighted by Crippen LogP contribution is -2.48. The van der Waals surface area contributed by atoms with Crippen molar-refractivity contribution in [1.29, 1.82) is 0 Å². The number of halogens is 5. The van der Waals surface area contributed by atoms with Gasteiger partial charge in [-0.25, -0.2) is 13.8 Å². The number of aromatic nitrogens is 2. The molecule has 98 valence electrons. The van der Waals surface area contributed by atoms with Crippen LogP contribution in [0, 0.1) is 11.6 Å². The summed E-state index contributed by atoms with van der Waals surface area (Å²) in [5.74, 6) is -2.97. The van der Waals surface area contributed by atoms with Crippen LogP contribution in [0.3, 0.4) is 0 Å². The maximum atomic E-state index is 12.9. The molecular weight excluding hydrogens is 257 g/mol. The minimum Gasteiger partial charge on any atom is -0.340 e. The van der Waals surface area contributed by atoms with E-state index in [0.29, 0.717) is 6.07 Å². The van der Waals surface area contributed by atoms with Crippen LogP contribution in [-0.2, 0) is 5.54 Å². The molecular formula is C10H8F5N3. The summed E-state index contributed by atoms with van der Waals surface area (Å²) >= 11 is 0. The number of benzene rings is 1. The normalized spacial score (nSPS) is 15.9. The van der Waals surface area contributed by atoms with Gasteiger partial charge in [0.1, 0.15) is 5.82 Å². The fourth-order valence-corrected chi connectivity index (χ4v) is 1.39. The first-order valence-corrected chi connectivity index (χ1v) is 4.84. The van der Waals surface area contributed by atoms with Crippen molar-refractivity contribution in [2.24, 2.45) is 5.73 Å². The Bertz CT molecular complexity index is 560. The molecule has 1 heterocycles. The van der Waals surface area contributed by atoms with Gasteiger partial charge in [-0.2, -0.15) is 13.2 Å². The summed E-state index contributed by atoms with van der Waals surface area (Å²) in [7, 11) is 0. The van der Waals surface area contributed by atoms with E-state index in [1.165, 1.54) is 0 Å². The van der Waals surface area contributed by atoms with Crippen LogP contribution in [0.2, 0.25) is 0 Å². The molecule has 1 atom stereocenters. The third kappa shape index (κ3) is 1.82. The number of rotatable bonds is 1. The van der Waals surface area contributed by atoms with E-state index in [4.69, 9.17) is 5.73 Å². The van der Waals surface area contributed by atoms with Gasteiger partial charge in [-0.1, -0.05) is 0 Å². The van der Waals surface area contributed by atoms with Crippen LogP contribution in [0.1, 0.15) is 12.7 Å². The lowest BCUT2D eigenvalue weighted by atomic mass is 10.0. The molecule has 0 amide bonds. The van der Waals surface area contributed by atoms with Crippen LogP contribution in [0.25, 0.3) is 11.0 Å². The van der Waals surface area contributed by atoms with Crippen LogP contribution < -0.4 is 5.73 Å². The Morgan fingerprint density at radius 1 is 1.17 bits per heavy atom. The third-order valence-electron chi connectivity index (χ3n) is 2.60. The van der Waals surface area contributed by atoms with Gasteiger partial charge in [0.15, 0.2) is 17.2 Å². The number of aromatic amines is 1. The van der Waals surface area contributed by atoms with Gasteiger partial charge in [0.25, 0.3) is 0 Å². The SMILES string of the molecule is CC(N)(c1nc2cc(F)c(F)cc2[nH]1)C(F)(F)F. The molecule has 0 aliphatic carbocycles. The zero-order chi connectivity index (χ0) is 13.7. The molecule has 0 fully saturated rings. The smallest absolute Gasteiger partial charge is 0.340 e. The van der Waals surface area contributed by atoms with Gasteiger partial charge in [-0.3, -0.25) is 0 Å². The van der Waals surface area contributed by atoms with E-state index in [9.17, 15) is 22.0 Å². The number of imidazole rings is 1. The molecule has 1 aromatic carbocycles. The average Bonchev–Trinajstić information content (AvgIpc) is 2.60. The van der Waals surface area contributed by atoms with Crippen LogP contribution in [-0.4, -0.2) is 16.1 Å². The summed E-state index contributed by atoms with van der Waals surface area (Å²) < 4.78 is 63.8. The summed E-state index contributed by atoms with van der Waals surface area (Å²) in [4.78, 5) is 5.79. The van der Waals surface area contributed by atoms with Crippen molar-refractivity contribution in [2.75, 3.05) is 0 Å². The van der Waals surface area contributed by atoms with Crippen molar-refractivity contribution in [3.8, 4) is 0 Å². The van der Waals surface area contributed by atoms with E-state index in [-0.39, 0.29) is 11.0 Å². The highest BCUT2D eigenvalue weighted by atomic mass is 19.4. The van der Waals surface area contributed by atoms with Gasteiger partial charge >= 0.3 is 6.18 Å². The number of H-pyrrole nitrogens is 1. The van der Waals surface area contributed by atoms with Crippen molar-refractivity contribution in [3.63, 3.8) is 0 Å². The second kappa shape index (κ2) is 3.64. The van der Waals surface area contributed by atoms with Gasteiger partial charge in [-0.05, 0) is 6.92 Å². The van der Waals surface area contributed by atoms with E-state index in [0.717, 1.165) is 13.0 Å². The number of hydrogen-bond acceptors (Lipinski definition) is 2. The van der Waals surface area contributed by atoms with Gasteiger partial charge in [-0.15, -0.1) is 0 Å². The van der Waals surface area contributed by atoms with Gasteiger partial charge in [0.05, 0.1) is 11.0 Å². The number of hydrogen-bond donors (Lipinski definition) is 2. The molecule has 1 unspecified atom stereocenters. The number of alkyl halides is 3. The topological polar surface area (TPSA) is 54.7 Å². The highest BCUT2D eigenvalue weighted by Gasteiger charge is 2.51. The van der Waals surface area contributed by atoms with Gasteiger partial charge in [0, 0.05) is 12.1 Å². The lowest BCUT2D eigenvalue weighted by molar-refractivity contribution is -0.186. The van der Waals surface area contributed by atoms with Gasteiger partial charge in [0.2, 0.25) is 0 Å². The van der Waals surface area contributed by atoms with E-state index < -0.39 is 29.2 Å². The Morgan fingerprint density at radius 3 is 2.28 bits per heavy atom. The Balaban J connectivity index is 2.61. The van der Waals surface area contributed by atoms with E-state index in [2.05, 4.69) is 9.97 Å². The van der Waals surface area contributed by atoms with E-state index in [1.54, 1.807) is 0 Å². The Hall–Kier alpha value is -1.70. The molecule has 0 saturated carbocycles. The first-order valence-electron chi connectivity index (χ1n) is 4.84. The predicted molar refractivity (Wildman–Crippen MR) is 53.6 cm³/mol. The van der Waals surface area contributed by atoms with Crippen molar-refractivity contribution >= 4 is 11.0 Å². The molecule has 0 aliphatic rings. The first kappa shape index (κ1) is 12.7. The Kier molecular flexibility index (Phi) is 2.58. The van der Waals surface area contributed by atoms with Crippen molar-refractivity contribution < 1.29 is 22.0 Å². The minimum atomic E-state index is -4.74. The number of fused-ring (bicyclic) bond motifs is 1. The number of nitrogens with two attached hydrogens (primary N) is 1. The Morgan fingerprint density at radius 2 is 1.72 bits per heavy atom. The molecule has 3 N–H and O–H groups in total. The van der Waals surface area contributed by atoms with Crippen molar-refractivity contribution in [1.82, 2.24) is 9.97 Å². The first-order chi connectivity index (χ1) is 8.13. The summed E-state index contributed by atoms with van der Waals surface area (Å²) in [5.41, 5.74) is 2.25. The van der Waals surface area contributed by atoms with Crippen LogP contribution in [0.15, 0.2) is 12.1 Å². The second-order valence-corrected chi connectivity index (χ2v) is 4.07. The summed E-state index contributed by atoms with van der Waals surface area (Å²) in [5, 5.41) is 0. The maximum Gasteiger partial charge on any atom is 0.413 e. The highest BCUT2D eigenvalue weighted by molar-refractivity contribution is 5.75. The van der Waals surface area contributed by atoms with Gasteiger partial charge < -0.3 is 10.7 Å². The molecule has 0 spiro atoms. The molecule has 8 heteroatoms. The molecule has 1 aromatic heterocycles. The minimum absolute atomic E-state index is 0.0511. The fourth-order valence-electron chi connectivity index (χ4n) is 1.39. The zero-order valence-corrected chi connectivity index (χ0v) is 9.07. The molecule has 2 aromatic rings. The van der Waals surface area contributed by atoms with Crippen LogP contribution in [0.4, 0.5) is 22.0 Å². The molecule has 3 nitrogen and oxygen atoms in total. The molecule has 0 bridgehead atoms. The summed E-state index contributed by atoms with van der Waals surface area (Å²) in [6, 6.07) is 1.44. The number of nitrogens with zero attached hydrogens (tertiary/aromatic N) is 1. The average molecular weight is 265 g/mol. The van der Waals surface area contributed by atoms with E-state index >= 15 is 0 Å². The van der Waals surface area contributed by atoms with E-state index in [1.807, 2.05) is 0 Å². The summed E-state index contributed by atoms with van der Waals surface area (Å²) in [6.07, 6.45) is -4.74. The summed E-state index contributed by atoms with van der Waals surface area (Å²) in [6.45, 7) is 0.720. The van der Waals surface area contributed by atoms with Crippen molar-refractivity contribution in [3.05, 3.63) is 29.6 Å². The second-order valence-electron chi connectivity index (χ2n) is 4.07. The maximum absolute atomic E-state index is 12.9.